The highest BCUT2D eigenvalue weighted by Gasteiger charge is 2.05. The van der Waals surface area contributed by atoms with Gasteiger partial charge in [-0.1, -0.05) is 48.0 Å². The summed E-state index contributed by atoms with van der Waals surface area (Å²) in [4.78, 5) is 21.1. The number of nitrogens with one attached hydrogen (secondary N) is 4. The van der Waals surface area contributed by atoms with Gasteiger partial charge in [0.25, 0.3) is 0 Å². The molecule has 0 bridgehead atoms. The second kappa shape index (κ2) is 9.78. The van der Waals surface area contributed by atoms with Crippen LogP contribution in [0.25, 0.3) is 10.8 Å². The highest BCUT2D eigenvalue weighted by Crippen LogP contribution is 2.19. The Labute approximate surface area is 187 Å². The number of aromatic nitrogens is 2. The first kappa shape index (κ1) is 21.1. The number of carbonyl (C=O) groups is 1. The van der Waals surface area contributed by atoms with Gasteiger partial charge in [-0.05, 0) is 48.9 Å². The van der Waals surface area contributed by atoms with E-state index in [1.807, 2.05) is 79.7 Å². The van der Waals surface area contributed by atoms with Crippen LogP contribution >= 0.6 is 0 Å². The molecule has 0 spiro atoms. The topological polar surface area (TPSA) is 91.0 Å². The molecule has 162 valence electrons. The summed E-state index contributed by atoms with van der Waals surface area (Å²) in [7, 11) is 0. The monoisotopic (exact) mass is 426 g/mol. The summed E-state index contributed by atoms with van der Waals surface area (Å²) >= 11 is 0. The summed E-state index contributed by atoms with van der Waals surface area (Å²) in [6.07, 6.45) is 0. The number of hydrogen-bond donors (Lipinski definition) is 4. The molecular formula is C25H26N6O. The van der Waals surface area contributed by atoms with Gasteiger partial charge in [-0.3, -0.25) is 0 Å². The fourth-order valence-corrected chi connectivity index (χ4v) is 3.29. The van der Waals surface area contributed by atoms with E-state index in [4.69, 9.17) is 0 Å². The lowest BCUT2D eigenvalue weighted by Gasteiger charge is -2.11. The van der Waals surface area contributed by atoms with E-state index in [9.17, 15) is 4.79 Å². The van der Waals surface area contributed by atoms with Crippen molar-refractivity contribution in [2.45, 2.75) is 13.8 Å². The number of rotatable bonds is 7. The summed E-state index contributed by atoms with van der Waals surface area (Å²) in [6, 6.07) is 23.6. The number of amides is 2. The highest BCUT2D eigenvalue weighted by atomic mass is 16.2. The zero-order valence-electron chi connectivity index (χ0n) is 18.1. The van der Waals surface area contributed by atoms with Crippen LogP contribution < -0.4 is 21.3 Å². The number of benzene rings is 3. The van der Waals surface area contributed by atoms with E-state index in [0.717, 1.165) is 27.8 Å². The predicted molar refractivity (Wildman–Crippen MR) is 131 cm³/mol. The van der Waals surface area contributed by atoms with E-state index >= 15 is 0 Å². The largest absolute Gasteiger partial charge is 0.352 e. The van der Waals surface area contributed by atoms with E-state index in [1.165, 1.54) is 5.56 Å². The Morgan fingerprint density at radius 2 is 1.56 bits per heavy atom. The maximum Gasteiger partial charge on any atom is 0.319 e. The smallest absolute Gasteiger partial charge is 0.319 e. The molecule has 4 rings (SSSR count). The molecule has 0 fully saturated rings. The van der Waals surface area contributed by atoms with Crippen molar-refractivity contribution >= 4 is 39.9 Å². The maximum atomic E-state index is 12.2. The lowest BCUT2D eigenvalue weighted by molar-refractivity contribution is 0.252. The Hall–Kier alpha value is -4.13. The molecule has 7 nitrogen and oxygen atoms in total. The Morgan fingerprint density at radius 3 is 2.38 bits per heavy atom. The molecule has 4 N–H and O–H groups in total. The first-order valence-corrected chi connectivity index (χ1v) is 10.5. The van der Waals surface area contributed by atoms with Crippen LogP contribution in [0.4, 0.5) is 27.9 Å². The third-order valence-electron chi connectivity index (χ3n) is 4.88. The van der Waals surface area contributed by atoms with Crippen LogP contribution in [-0.4, -0.2) is 29.1 Å². The molecule has 1 heterocycles. The Bertz CT molecular complexity index is 1220. The second-order valence-corrected chi connectivity index (χ2v) is 7.58. The number of hydrogen-bond acceptors (Lipinski definition) is 5. The van der Waals surface area contributed by atoms with Gasteiger partial charge in [0.2, 0.25) is 5.95 Å². The van der Waals surface area contributed by atoms with Crippen molar-refractivity contribution in [3.8, 4) is 0 Å². The Morgan fingerprint density at radius 1 is 0.812 bits per heavy atom. The minimum Gasteiger partial charge on any atom is -0.352 e. The van der Waals surface area contributed by atoms with Gasteiger partial charge in [0.05, 0.1) is 0 Å². The average molecular weight is 427 g/mol. The molecule has 0 unspecified atom stereocenters. The van der Waals surface area contributed by atoms with Crippen molar-refractivity contribution in [3.63, 3.8) is 0 Å². The highest BCUT2D eigenvalue weighted by molar-refractivity contribution is 5.93. The predicted octanol–water partition coefficient (Wildman–Crippen LogP) is 5.22. The maximum absolute atomic E-state index is 12.2. The number of nitrogens with zero attached hydrogens (tertiary/aromatic N) is 2. The van der Waals surface area contributed by atoms with Gasteiger partial charge in [-0.25, -0.2) is 9.78 Å². The average Bonchev–Trinajstić information content (AvgIpc) is 2.78. The summed E-state index contributed by atoms with van der Waals surface area (Å²) in [5, 5.41) is 14.4. The fraction of sp³-hybridized carbons (Fsp3) is 0.160. The molecule has 0 aliphatic heterocycles. The molecule has 32 heavy (non-hydrogen) atoms. The molecule has 4 aromatic rings. The van der Waals surface area contributed by atoms with Crippen LogP contribution in [0, 0.1) is 13.8 Å². The molecular weight excluding hydrogens is 400 g/mol. The fourth-order valence-electron chi connectivity index (χ4n) is 3.29. The number of fused-ring (bicyclic) bond motifs is 1. The molecule has 0 saturated heterocycles. The lowest BCUT2D eigenvalue weighted by atomic mass is 10.1. The molecule has 0 atom stereocenters. The molecule has 0 saturated carbocycles. The second-order valence-electron chi connectivity index (χ2n) is 7.58. The first-order valence-electron chi connectivity index (χ1n) is 10.5. The zero-order chi connectivity index (χ0) is 22.3. The van der Waals surface area contributed by atoms with Gasteiger partial charge < -0.3 is 21.3 Å². The standard InChI is InChI=1S/C25H26N6O/c1-17-7-10-21(11-8-17)29-23-15-18(2)28-24(31-23)26-13-14-27-25(32)30-22-12-9-19-5-3-4-6-20(19)16-22/h3-12,15-16H,13-14H2,1-2H3,(H2,27,30,32)(H2,26,28,29,31). The van der Waals surface area contributed by atoms with Crippen molar-refractivity contribution in [2.24, 2.45) is 0 Å². The van der Waals surface area contributed by atoms with Crippen LogP contribution in [0.5, 0.6) is 0 Å². The minimum atomic E-state index is -0.256. The number of urea groups is 1. The van der Waals surface area contributed by atoms with Crippen molar-refractivity contribution in [3.05, 3.63) is 84.1 Å². The first-order chi connectivity index (χ1) is 15.5. The lowest BCUT2D eigenvalue weighted by Crippen LogP contribution is -2.32. The minimum absolute atomic E-state index is 0.256. The van der Waals surface area contributed by atoms with Crippen molar-refractivity contribution < 1.29 is 4.79 Å². The van der Waals surface area contributed by atoms with E-state index < -0.39 is 0 Å². The van der Waals surface area contributed by atoms with Gasteiger partial charge in [0.15, 0.2) is 0 Å². The number of carbonyl (C=O) groups excluding carboxylic acids is 1. The van der Waals surface area contributed by atoms with Crippen LogP contribution in [0.3, 0.4) is 0 Å². The van der Waals surface area contributed by atoms with E-state index in [2.05, 4.69) is 38.2 Å². The third-order valence-corrected chi connectivity index (χ3v) is 4.88. The molecule has 0 aliphatic rings. The Kier molecular flexibility index (Phi) is 6.46. The van der Waals surface area contributed by atoms with Crippen molar-refractivity contribution in [1.29, 1.82) is 0 Å². The van der Waals surface area contributed by atoms with E-state index in [0.29, 0.717) is 24.9 Å². The molecule has 0 radical (unpaired) electrons. The summed E-state index contributed by atoms with van der Waals surface area (Å²) < 4.78 is 0. The van der Waals surface area contributed by atoms with Crippen LogP contribution in [0.1, 0.15) is 11.3 Å². The molecule has 2 amide bonds. The Balaban J connectivity index is 1.26. The quantitative estimate of drug-likeness (QED) is 0.304. The summed E-state index contributed by atoms with van der Waals surface area (Å²) in [5.74, 6) is 1.22. The SMILES string of the molecule is Cc1ccc(Nc2cc(C)nc(NCCNC(=O)Nc3ccc4ccccc4c3)n2)cc1. The van der Waals surface area contributed by atoms with E-state index in [1.54, 1.807) is 0 Å². The molecule has 0 aliphatic carbocycles. The normalized spacial score (nSPS) is 10.6. The molecule has 7 heteroatoms. The van der Waals surface area contributed by atoms with E-state index in [-0.39, 0.29) is 6.03 Å². The van der Waals surface area contributed by atoms with Gasteiger partial charge in [-0.2, -0.15) is 4.98 Å². The van der Waals surface area contributed by atoms with Gasteiger partial charge in [-0.15, -0.1) is 0 Å². The summed E-state index contributed by atoms with van der Waals surface area (Å²) in [5.41, 5.74) is 3.77. The molecule has 1 aromatic heterocycles. The van der Waals surface area contributed by atoms with Gasteiger partial charge >= 0.3 is 6.03 Å². The molecule has 3 aromatic carbocycles. The van der Waals surface area contributed by atoms with Gasteiger partial charge in [0, 0.05) is 36.2 Å². The van der Waals surface area contributed by atoms with Crippen LogP contribution in [0.15, 0.2) is 72.8 Å². The number of anilines is 4. The number of aryl methyl sites for hydroxylation is 2. The van der Waals surface area contributed by atoms with Crippen LogP contribution in [0.2, 0.25) is 0 Å². The van der Waals surface area contributed by atoms with Crippen molar-refractivity contribution in [1.82, 2.24) is 15.3 Å². The third kappa shape index (κ3) is 5.72. The zero-order valence-corrected chi connectivity index (χ0v) is 18.1. The van der Waals surface area contributed by atoms with Gasteiger partial charge in [0.1, 0.15) is 5.82 Å². The van der Waals surface area contributed by atoms with Crippen LogP contribution in [-0.2, 0) is 0 Å². The summed E-state index contributed by atoms with van der Waals surface area (Å²) in [6.45, 7) is 4.90. The van der Waals surface area contributed by atoms with Crippen molar-refractivity contribution in [2.75, 3.05) is 29.0 Å².